The number of aliphatic hydroxyl groups is 1. The molecule has 0 aliphatic carbocycles. The molecule has 0 bridgehead atoms. The Morgan fingerprint density at radius 3 is 2.45 bits per heavy atom. The van der Waals surface area contributed by atoms with Gasteiger partial charge >= 0.3 is 0 Å². The van der Waals surface area contributed by atoms with E-state index >= 15 is 0 Å². The highest BCUT2D eigenvalue weighted by atomic mass is 32.2. The van der Waals surface area contributed by atoms with Crippen molar-refractivity contribution in [2.45, 2.75) is 37.7 Å². The highest BCUT2D eigenvalue weighted by Gasteiger charge is 2.22. The van der Waals surface area contributed by atoms with Crippen LogP contribution in [-0.4, -0.2) is 25.7 Å². The third-order valence-corrected chi connectivity index (χ3v) is 3.77. The minimum atomic E-state index is -3.76. The van der Waals surface area contributed by atoms with Crippen LogP contribution in [0.3, 0.4) is 0 Å². The van der Waals surface area contributed by atoms with Crippen LogP contribution in [0.15, 0.2) is 23.1 Å². The van der Waals surface area contributed by atoms with Crippen molar-refractivity contribution in [1.29, 1.82) is 0 Å². The SMILES string of the molecule is CC(C)CC(C)(O)CNc1ccc(S(N)(=O)=O)cc1N. The summed E-state index contributed by atoms with van der Waals surface area (Å²) in [6, 6.07) is 4.22. The van der Waals surface area contributed by atoms with E-state index < -0.39 is 15.6 Å². The maximum Gasteiger partial charge on any atom is 0.238 e. The molecule has 0 aliphatic heterocycles. The summed E-state index contributed by atoms with van der Waals surface area (Å²) in [5.41, 5.74) is 5.77. The van der Waals surface area contributed by atoms with Crippen LogP contribution in [0.25, 0.3) is 0 Å². The minimum absolute atomic E-state index is 0.0329. The van der Waals surface area contributed by atoms with Crippen LogP contribution in [0.1, 0.15) is 27.2 Å². The number of nitrogens with two attached hydrogens (primary N) is 2. The Kier molecular flexibility index (Phi) is 5.01. The van der Waals surface area contributed by atoms with Gasteiger partial charge in [0.25, 0.3) is 0 Å². The van der Waals surface area contributed by atoms with Crippen LogP contribution < -0.4 is 16.2 Å². The average molecular weight is 301 g/mol. The molecule has 0 aliphatic rings. The van der Waals surface area contributed by atoms with Crippen molar-refractivity contribution in [3.8, 4) is 0 Å². The first kappa shape index (κ1) is 16.7. The first-order valence-corrected chi connectivity index (χ1v) is 7.94. The minimum Gasteiger partial charge on any atom is -0.397 e. The Bertz CT molecular complexity index is 568. The molecule has 0 fully saturated rings. The van der Waals surface area contributed by atoms with Gasteiger partial charge in [0, 0.05) is 6.54 Å². The number of hydrogen-bond acceptors (Lipinski definition) is 5. The summed E-state index contributed by atoms with van der Waals surface area (Å²) in [6.07, 6.45) is 0.648. The van der Waals surface area contributed by atoms with Crippen LogP contribution in [0.5, 0.6) is 0 Å². The van der Waals surface area contributed by atoms with Gasteiger partial charge in [-0.05, 0) is 37.5 Å². The molecule has 0 aromatic heterocycles. The van der Waals surface area contributed by atoms with Gasteiger partial charge in [-0.15, -0.1) is 0 Å². The fourth-order valence-electron chi connectivity index (χ4n) is 2.12. The largest absolute Gasteiger partial charge is 0.397 e. The monoisotopic (exact) mass is 301 g/mol. The maximum atomic E-state index is 11.2. The molecule has 1 atom stereocenters. The number of primary sulfonamides is 1. The second-order valence-electron chi connectivity index (χ2n) is 5.74. The van der Waals surface area contributed by atoms with Crippen LogP contribution in [0, 0.1) is 5.92 Å². The molecule has 0 saturated heterocycles. The molecule has 6 N–H and O–H groups in total. The van der Waals surface area contributed by atoms with Crippen molar-refractivity contribution in [2.75, 3.05) is 17.6 Å². The summed E-state index contributed by atoms with van der Waals surface area (Å²) in [5.74, 6) is 0.369. The van der Waals surface area contributed by atoms with Crippen molar-refractivity contribution in [2.24, 2.45) is 11.1 Å². The molecule has 0 amide bonds. The fraction of sp³-hybridized carbons (Fsp3) is 0.538. The van der Waals surface area contributed by atoms with Crippen molar-refractivity contribution in [3.63, 3.8) is 0 Å². The number of nitrogen functional groups attached to an aromatic ring is 1. The summed E-state index contributed by atoms with van der Waals surface area (Å²) in [7, 11) is -3.76. The third kappa shape index (κ3) is 4.99. The quantitative estimate of drug-likeness (QED) is 0.587. The maximum absolute atomic E-state index is 11.2. The molecule has 1 aromatic rings. The number of sulfonamides is 1. The molecule has 0 saturated carbocycles. The predicted octanol–water partition coefficient (Wildman–Crippen LogP) is 1.13. The van der Waals surface area contributed by atoms with Gasteiger partial charge in [-0.1, -0.05) is 13.8 Å². The highest BCUT2D eigenvalue weighted by Crippen LogP contribution is 2.24. The van der Waals surface area contributed by atoms with Gasteiger partial charge < -0.3 is 16.2 Å². The second-order valence-corrected chi connectivity index (χ2v) is 7.30. The fourth-order valence-corrected chi connectivity index (χ4v) is 2.67. The molecule has 1 rings (SSSR count). The Morgan fingerprint density at radius 1 is 1.40 bits per heavy atom. The molecule has 114 valence electrons. The van der Waals surface area contributed by atoms with Crippen LogP contribution >= 0.6 is 0 Å². The third-order valence-electron chi connectivity index (χ3n) is 2.86. The van der Waals surface area contributed by atoms with Gasteiger partial charge in [0.2, 0.25) is 10.0 Å². The Hall–Kier alpha value is -1.31. The predicted molar refractivity (Wildman–Crippen MR) is 80.8 cm³/mol. The van der Waals surface area contributed by atoms with Crippen molar-refractivity contribution >= 4 is 21.4 Å². The lowest BCUT2D eigenvalue weighted by Crippen LogP contribution is -2.35. The van der Waals surface area contributed by atoms with Gasteiger partial charge in [0.1, 0.15) is 0 Å². The zero-order valence-electron chi connectivity index (χ0n) is 12.1. The number of rotatable bonds is 6. The van der Waals surface area contributed by atoms with E-state index in [0.717, 1.165) is 0 Å². The standard InChI is InChI=1S/C13H23N3O3S/c1-9(2)7-13(3,17)8-16-12-5-4-10(6-11(12)14)20(15,18)19/h4-6,9,16-17H,7-8,14H2,1-3H3,(H2,15,18,19). The van der Waals surface area contributed by atoms with Crippen molar-refractivity contribution in [1.82, 2.24) is 0 Å². The van der Waals surface area contributed by atoms with E-state index in [-0.39, 0.29) is 10.6 Å². The second kappa shape index (κ2) is 5.99. The number of benzene rings is 1. The molecule has 1 unspecified atom stereocenters. The highest BCUT2D eigenvalue weighted by molar-refractivity contribution is 7.89. The number of anilines is 2. The van der Waals surface area contributed by atoms with Crippen LogP contribution in [-0.2, 0) is 10.0 Å². The van der Waals surface area contributed by atoms with Crippen LogP contribution in [0.2, 0.25) is 0 Å². The van der Waals surface area contributed by atoms with E-state index in [1.807, 2.05) is 13.8 Å². The Morgan fingerprint density at radius 2 is 2.00 bits per heavy atom. The molecule has 1 aromatic carbocycles. The molecule has 0 spiro atoms. The molecular formula is C13H23N3O3S. The van der Waals surface area contributed by atoms with Crippen molar-refractivity contribution in [3.05, 3.63) is 18.2 Å². The van der Waals surface area contributed by atoms with Gasteiger partial charge in [0.05, 0.1) is 21.9 Å². The van der Waals surface area contributed by atoms with Gasteiger partial charge in [-0.25, -0.2) is 13.6 Å². The first-order chi connectivity index (χ1) is 9.01. The van der Waals surface area contributed by atoms with E-state index in [2.05, 4.69) is 5.32 Å². The summed E-state index contributed by atoms with van der Waals surface area (Å²) in [6.45, 7) is 6.13. The molecule has 20 heavy (non-hydrogen) atoms. The van der Waals surface area contributed by atoms with Gasteiger partial charge in [0.15, 0.2) is 0 Å². The molecule has 0 radical (unpaired) electrons. The zero-order chi connectivity index (χ0) is 15.6. The van der Waals surface area contributed by atoms with Crippen molar-refractivity contribution < 1.29 is 13.5 Å². The summed E-state index contributed by atoms with van der Waals surface area (Å²) < 4.78 is 22.4. The summed E-state index contributed by atoms with van der Waals surface area (Å²) in [4.78, 5) is -0.0329. The lowest BCUT2D eigenvalue weighted by atomic mass is 9.94. The Labute approximate surface area is 120 Å². The molecule has 6 nitrogen and oxygen atoms in total. The van der Waals surface area contributed by atoms with E-state index in [4.69, 9.17) is 10.9 Å². The number of nitrogens with one attached hydrogen (secondary N) is 1. The summed E-state index contributed by atoms with van der Waals surface area (Å²) in [5, 5.41) is 18.3. The number of hydrogen-bond donors (Lipinski definition) is 4. The average Bonchev–Trinajstić information content (AvgIpc) is 2.24. The molecule has 7 heteroatoms. The lowest BCUT2D eigenvalue weighted by Gasteiger charge is -2.26. The van der Waals surface area contributed by atoms with E-state index in [9.17, 15) is 13.5 Å². The Balaban J connectivity index is 2.80. The first-order valence-electron chi connectivity index (χ1n) is 6.40. The normalized spacial score (nSPS) is 15.1. The van der Waals surface area contributed by atoms with Gasteiger partial charge in [-0.3, -0.25) is 0 Å². The van der Waals surface area contributed by atoms with E-state index in [0.29, 0.717) is 24.6 Å². The van der Waals surface area contributed by atoms with E-state index in [1.54, 1.807) is 13.0 Å². The lowest BCUT2D eigenvalue weighted by molar-refractivity contribution is 0.0516. The molecular weight excluding hydrogens is 278 g/mol. The van der Waals surface area contributed by atoms with Gasteiger partial charge in [-0.2, -0.15) is 0 Å². The topological polar surface area (TPSA) is 118 Å². The summed E-state index contributed by atoms with van der Waals surface area (Å²) >= 11 is 0. The molecule has 0 heterocycles. The van der Waals surface area contributed by atoms with E-state index in [1.165, 1.54) is 12.1 Å². The smallest absolute Gasteiger partial charge is 0.238 e. The zero-order valence-corrected chi connectivity index (χ0v) is 12.9. The van der Waals surface area contributed by atoms with Crippen LogP contribution in [0.4, 0.5) is 11.4 Å².